The van der Waals surface area contributed by atoms with Crippen molar-refractivity contribution in [2.75, 3.05) is 4.90 Å². The molecule has 4 aromatic heterocycles. The SMILES string of the molecule is N#Cc1ccc2c(c1)c1ccccc1n2-c1ccc2c(c1)Oc1cccc(N3c4ccccc4Sc4ccccc43)c1C21c2cccnc2-c2ncc(-n3c4ccccc4c4ccccc43)cc21. The lowest BCUT2D eigenvalue weighted by atomic mass is 9.65. The number of hydrogen-bond acceptors (Lipinski definition) is 6. The van der Waals surface area contributed by atoms with Crippen molar-refractivity contribution < 1.29 is 4.74 Å². The molecule has 12 aromatic rings. The van der Waals surface area contributed by atoms with Crippen LogP contribution in [0.5, 0.6) is 11.5 Å². The van der Waals surface area contributed by atoms with Gasteiger partial charge in [0.2, 0.25) is 0 Å². The molecular weight excluding hydrogens is 853 g/mol. The summed E-state index contributed by atoms with van der Waals surface area (Å²) in [5.41, 5.74) is 14.9. The summed E-state index contributed by atoms with van der Waals surface area (Å²) >= 11 is 1.80. The maximum Gasteiger partial charge on any atom is 0.134 e. The summed E-state index contributed by atoms with van der Waals surface area (Å²) in [6.45, 7) is 0. The molecule has 316 valence electrons. The number of pyridine rings is 2. The van der Waals surface area contributed by atoms with Gasteiger partial charge in [-0.05, 0) is 96.6 Å². The summed E-state index contributed by atoms with van der Waals surface area (Å²) in [6, 6.07) is 71.1. The van der Waals surface area contributed by atoms with Gasteiger partial charge in [-0.25, -0.2) is 0 Å². The van der Waals surface area contributed by atoms with Crippen LogP contribution in [0.3, 0.4) is 0 Å². The highest BCUT2D eigenvalue weighted by molar-refractivity contribution is 7.99. The Balaban J connectivity index is 1.06. The third-order valence-corrected chi connectivity index (χ3v) is 15.4. The summed E-state index contributed by atoms with van der Waals surface area (Å²) < 4.78 is 12.0. The van der Waals surface area contributed by atoms with E-state index in [0.717, 1.165) is 106 Å². The molecule has 15 rings (SSSR count). The number of nitrogens with zero attached hydrogens (tertiary/aromatic N) is 6. The van der Waals surface area contributed by atoms with E-state index in [1.165, 1.54) is 20.6 Å². The molecule has 0 N–H and O–H groups in total. The van der Waals surface area contributed by atoms with Gasteiger partial charge in [0, 0.05) is 66.0 Å². The molecule has 8 heteroatoms. The highest BCUT2D eigenvalue weighted by Crippen LogP contribution is 2.65. The fourth-order valence-corrected chi connectivity index (χ4v) is 12.7. The largest absolute Gasteiger partial charge is 0.457 e. The topological polar surface area (TPSA) is 71.9 Å². The van der Waals surface area contributed by atoms with E-state index in [9.17, 15) is 5.26 Å². The van der Waals surface area contributed by atoms with Crippen LogP contribution in [-0.4, -0.2) is 19.1 Å². The molecule has 0 saturated heterocycles. The maximum atomic E-state index is 9.92. The van der Waals surface area contributed by atoms with Gasteiger partial charge in [0.15, 0.2) is 0 Å². The second-order valence-corrected chi connectivity index (χ2v) is 18.7. The van der Waals surface area contributed by atoms with E-state index >= 15 is 0 Å². The second-order valence-electron chi connectivity index (χ2n) is 17.6. The number of ether oxygens (including phenoxy) is 1. The summed E-state index contributed by atoms with van der Waals surface area (Å²) in [6.07, 6.45) is 3.90. The van der Waals surface area contributed by atoms with Gasteiger partial charge in [0.05, 0.1) is 79.4 Å². The number of aromatic nitrogens is 4. The van der Waals surface area contributed by atoms with Gasteiger partial charge in [-0.15, -0.1) is 0 Å². The lowest BCUT2D eigenvalue weighted by Gasteiger charge is -2.43. The molecule has 1 atom stereocenters. The monoisotopic (exact) mass is 886 g/mol. The summed E-state index contributed by atoms with van der Waals surface area (Å²) in [7, 11) is 0. The molecule has 6 heterocycles. The van der Waals surface area contributed by atoms with E-state index in [-0.39, 0.29) is 0 Å². The Hall–Kier alpha value is -8.90. The molecule has 0 fully saturated rings. The molecule has 0 radical (unpaired) electrons. The van der Waals surface area contributed by atoms with Gasteiger partial charge >= 0.3 is 0 Å². The highest BCUT2D eigenvalue weighted by atomic mass is 32.2. The van der Waals surface area contributed by atoms with E-state index in [1.807, 2.05) is 24.5 Å². The average molecular weight is 887 g/mol. The van der Waals surface area contributed by atoms with Gasteiger partial charge in [-0.2, -0.15) is 5.26 Å². The molecule has 3 aliphatic rings. The predicted molar refractivity (Wildman–Crippen MR) is 272 cm³/mol. The molecule has 2 aliphatic heterocycles. The number of rotatable bonds is 3. The van der Waals surface area contributed by atoms with Crippen molar-refractivity contribution in [3.8, 4) is 40.3 Å². The molecule has 0 bridgehead atoms. The predicted octanol–water partition coefficient (Wildman–Crippen LogP) is 14.9. The number of anilines is 3. The lowest BCUT2D eigenvalue weighted by molar-refractivity contribution is 0.436. The highest BCUT2D eigenvalue weighted by Gasteiger charge is 2.55. The van der Waals surface area contributed by atoms with E-state index in [2.05, 4.69) is 202 Å². The molecule has 0 amide bonds. The summed E-state index contributed by atoms with van der Waals surface area (Å²) in [5, 5.41) is 14.4. The molecule has 1 spiro atoms. The first-order valence-electron chi connectivity index (χ1n) is 22.7. The molecule has 1 unspecified atom stereocenters. The van der Waals surface area contributed by atoms with Crippen molar-refractivity contribution in [2.45, 2.75) is 15.2 Å². The summed E-state index contributed by atoms with van der Waals surface area (Å²) in [5.74, 6) is 1.50. The normalized spacial score (nSPS) is 15.1. The quantitative estimate of drug-likeness (QED) is 0.176. The number of benzene rings is 8. The van der Waals surface area contributed by atoms with Crippen LogP contribution in [0, 0.1) is 11.3 Å². The van der Waals surface area contributed by atoms with E-state index in [0.29, 0.717) is 5.56 Å². The smallest absolute Gasteiger partial charge is 0.134 e. The zero-order chi connectivity index (χ0) is 44.7. The van der Waals surface area contributed by atoms with Crippen LogP contribution in [0.1, 0.15) is 27.8 Å². The van der Waals surface area contributed by atoms with Crippen LogP contribution in [0.4, 0.5) is 17.1 Å². The van der Waals surface area contributed by atoms with Crippen LogP contribution in [0.2, 0.25) is 0 Å². The minimum atomic E-state index is -0.949. The Kier molecular flexibility index (Phi) is 7.58. The Labute approximate surface area is 394 Å². The minimum Gasteiger partial charge on any atom is -0.457 e. The average Bonchev–Trinajstić information content (AvgIpc) is 4.01. The van der Waals surface area contributed by atoms with Crippen molar-refractivity contribution >= 4 is 72.4 Å². The van der Waals surface area contributed by atoms with E-state index in [4.69, 9.17) is 14.7 Å². The van der Waals surface area contributed by atoms with Gasteiger partial charge < -0.3 is 18.8 Å². The molecule has 68 heavy (non-hydrogen) atoms. The summed E-state index contributed by atoms with van der Waals surface area (Å²) in [4.78, 5) is 15.4. The Morgan fingerprint density at radius 3 is 1.81 bits per heavy atom. The van der Waals surface area contributed by atoms with Crippen LogP contribution in [0.25, 0.3) is 66.4 Å². The minimum absolute atomic E-state index is 0.627. The van der Waals surface area contributed by atoms with Crippen LogP contribution >= 0.6 is 11.8 Å². The Morgan fingerprint density at radius 2 is 1.09 bits per heavy atom. The first-order chi connectivity index (χ1) is 33.7. The van der Waals surface area contributed by atoms with E-state index < -0.39 is 5.41 Å². The Bertz CT molecular complexity index is 4120. The van der Waals surface area contributed by atoms with Crippen molar-refractivity contribution in [3.05, 3.63) is 234 Å². The van der Waals surface area contributed by atoms with Gasteiger partial charge in [-0.3, -0.25) is 9.97 Å². The molecule has 7 nitrogen and oxygen atoms in total. The van der Waals surface area contributed by atoms with Gasteiger partial charge in [0.1, 0.15) is 11.5 Å². The zero-order valence-corrected chi connectivity index (χ0v) is 36.9. The first-order valence-corrected chi connectivity index (χ1v) is 23.5. The third kappa shape index (κ3) is 4.87. The maximum absolute atomic E-state index is 9.92. The van der Waals surface area contributed by atoms with Crippen LogP contribution in [0.15, 0.2) is 216 Å². The second kappa shape index (κ2) is 13.8. The number of para-hydroxylation sites is 5. The van der Waals surface area contributed by atoms with Crippen molar-refractivity contribution in [1.82, 2.24) is 19.1 Å². The molecular formula is C60H34N6OS. The van der Waals surface area contributed by atoms with Crippen molar-refractivity contribution in [1.29, 1.82) is 5.26 Å². The fraction of sp³-hybridized carbons (Fsp3) is 0.0167. The standard InChI is InChI=1S/C60H34N6OS/c61-34-36-26-29-49-42(31-36)41-15-3-6-19-48(41)64(49)37-27-28-43-54(33-37)67-53-23-11-22-52(66-50-20-7-9-24-55(50)68-56-25-10-8-21-51(56)66)57(53)60(43)44-16-12-30-62-58(44)59-45(60)32-38(35-63-59)65-46-17-4-1-13-39(46)40-14-2-5-18-47(40)65/h1-33,35H. The van der Waals surface area contributed by atoms with Gasteiger partial charge in [0.25, 0.3) is 0 Å². The first kappa shape index (κ1) is 37.3. The van der Waals surface area contributed by atoms with E-state index in [1.54, 1.807) is 11.8 Å². The molecule has 8 aromatic carbocycles. The lowest BCUT2D eigenvalue weighted by Crippen LogP contribution is -2.34. The van der Waals surface area contributed by atoms with Crippen molar-refractivity contribution in [2.24, 2.45) is 0 Å². The fourth-order valence-electron chi connectivity index (χ4n) is 11.6. The third-order valence-electron chi connectivity index (χ3n) is 14.3. The number of hydrogen-bond donors (Lipinski definition) is 0. The number of nitriles is 1. The molecule has 0 saturated carbocycles. The van der Waals surface area contributed by atoms with Gasteiger partial charge in [-0.1, -0.05) is 109 Å². The zero-order valence-electron chi connectivity index (χ0n) is 36.1. The number of fused-ring (bicyclic) bond motifs is 17. The van der Waals surface area contributed by atoms with Crippen molar-refractivity contribution in [3.63, 3.8) is 0 Å². The Morgan fingerprint density at radius 1 is 0.471 bits per heavy atom. The van der Waals surface area contributed by atoms with Crippen LogP contribution < -0.4 is 9.64 Å². The van der Waals surface area contributed by atoms with Crippen LogP contribution in [-0.2, 0) is 5.41 Å². The molecule has 1 aliphatic carbocycles.